The number of hydrogen-bond acceptors (Lipinski definition) is 3. The van der Waals surface area contributed by atoms with E-state index in [1.165, 1.54) is 0 Å². The van der Waals surface area contributed by atoms with Gasteiger partial charge in [0.15, 0.2) is 0 Å². The molecule has 2 aromatic rings. The summed E-state index contributed by atoms with van der Waals surface area (Å²) in [6, 6.07) is 15.1. The molecule has 1 unspecified atom stereocenters. The molecule has 0 radical (unpaired) electrons. The molecule has 1 atom stereocenters. The SMILES string of the molecule is COc1cccc(C(O)c2ccc(CN)cc2)c1. The Morgan fingerprint density at radius 2 is 1.83 bits per heavy atom. The topological polar surface area (TPSA) is 55.5 Å². The smallest absolute Gasteiger partial charge is 0.119 e. The molecule has 2 aromatic carbocycles. The summed E-state index contributed by atoms with van der Waals surface area (Å²) in [5.74, 6) is 0.741. The molecular weight excluding hydrogens is 226 g/mol. The van der Waals surface area contributed by atoms with E-state index in [-0.39, 0.29) is 0 Å². The first kappa shape index (κ1) is 12.6. The Kier molecular flexibility index (Phi) is 3.97. The van der Waals surface area contributed by atoms with E-state index >= 15 is 0 Å². The zero-order valence-corrected chi connectivity index (χ0v) is 10.3. The maximum Gasteiger partial charge on any atom is 0.119 e. The highest BCUT2D eigenvalue weighted by molar-refractivity contribution is 5.36. The lowest BCUT2D eigenvalue weighted by atomic mass is 10.0. The number of benzene rings is 2. The van der Waals surface area contributed by atoms with Gasteiger partial charge in [0, 0.05) is 6.54 Å². The fraction of sp³-hybridized carbons (Fsp3) is 0.200. The van der Waals surface area contributed by atoms with Gasteiger partial charge in [0.2, 0.25) is 0 Å². The first-order valence-corrected chi connectivity index (χ1v) is 5.85. The van der Waals surface area contributed by atoms with Crippen LogP contribution in [-0.2, 0) is 6.54 Å². The molecule has 0 aliphatic carbocycles. The number of hydrogen-bond donors (Lipinski definition) is 2. The van der Waals surface area contributed by atoms with Crippen molar-refractivity contribution >= 4 is 0 Å². The summed E-state index contributed by atoms with van der Waals surface area (Å²) < 4.78 is 5.15. The molecule has 3 N–H and O–H groups in total. The van der Waals surface area contributed by atoms with Crippen molar-refractivity contribution in [2.75, 3.05) is 7.11 Å². The predicted octanol–water partition coefficient (Wildman–Crippen LogP) is 2.24. The van der Waals surface area contributed by atoms with Crippen LogP contribution in [0.3, 0.4) is 0 Å². The zero-order valence-electron chi connectivity index (χ0n) is 10.3. The van der Waals surface area contributed by atoms with E-state index in [1.54, 1.807) is 7.11 Å². The molecule has 2 rings (SSSR count). The molecule has 0 saturated carbocycles. The van der Waals surface area contributed by atoms with Crippen LogP contribution < -0.4 is 10.5 Å². The van der Waals surface area contributed by atoms with Crippen molar-refractivity contribution < 1.29 is 9.84 Å². The molecule has 3 nitrogen and oxygen atoms in total. The Morgan fingerprint density at radius 1 is 1.11 bits per heavy atom. The molecule has 0 bridgehead atoms. The Labute approximate surface area is 107 Å². The van der Waals surface area contributed by atoms with Gasteiger partial charge in [0.05, 0.1) is 7.11 Å². The third-order valence-electron chi connectivity index (χ3n) is 2.94. The van der Waals surface area contributed by atoms with E-state index in [4.69, 9.17) is 10.5 Å². The number of ether oxygens (including phenoxy) is 1. The third kappa shape index (κ3) is 2.70. The highest BCUT2D eigenvalue weighted by Crippen LogP contribution is 2.25. The van der Waals surface area contributed by atoms with Gasteiger partial charge in [-0.05, 0) is 28.8 Å². The van der Waals surface area contributed by atoms with Gasteiger partial charge in [0.1, 0.15) is 11.9 Å². The number of rotatable bonds is 4. The van der Waals surface area contributed by atoms with Crippen LogP contribution in [-0.4, -0.2) is 12.2 Å². The maximum absolute atomic E-state index is 10.3. The first-order valence-electron chi connectivity index (χ1n) is 5.85. The van der Waals surface area contributed by atoms with Crippen LogP contribution in [0.25, 0.3) is 0 Å². The highest BCUT2D eigenvalue weighted by Gasteiger charge is 2.10. The maximum atomic E-state index is 10.3. The average Bonchev–Trinajstić information content (AvgIpc) is 2.46. The number of nitrogens with two attached hydrogens (primary N) is 1. The molecular formula is C15H17NO2. The third-order valence-corrected chi connectivity index (χ3v) is 2.94. The van der Waals surface area contributed by atoms with Crippen molar-refractivity contribution in [2.45, 2.75) is 12.6 Å². The van der Waals surface area contributed by atoms with Gasteiger partial charge >= 0.3 is 0 Å². The quantitative estimate of drug-likeness (QED) is 0.865. The molecule has 18 heavy (non-hydrogen) atoms. The highest BCUT2D eigenvalue weighted by atomic mass is 16.5. The molecule has 0 amide bonds. The fourth-order valence-electron chi connectivity index (χ4n) is 1.84. The van der Waals surface area contributed by atoms with Gasteiger partial charge < -0.3 is 15.6 Å². The van der Waals surface area contributed by atoms with Gasteiger partial charge in [-0.25, -0.2) is 0 Å². The minimum atomic E-state index is -0.646. The van der Waals surface area contributed by atoms with Crippen molar-refractivity contribution in [1.82, 2.24) is 0 Å². The molecule has 0 aromatic heterocycles. The van der Waals surface area contributed by atoms with Gasteiger partial charge in [0.25, 0.3) is 0 Å². The standard InChI is InChI=1S/C15H17NO2/c1-18-14-4-2-3-13(9-14)15(17)12-7-5-11(10-16)6-8-12/h2-9,15,17H,10,16H2,1H3. The second-order valence-corrected chi connectivity index (χ2v) is 4.12. The molecule has 0 aliphatic rings. The van der Waals surface area contributed by atoms with Crippen molar-refractivity contribution in [2.24, 2.45) is 5.73 Å². The first-order chi connectivity index (χ1) is 8.74. The van der Waals surface area contributed by atoms with Gasteiger partial charge in [-0.3, -0.25) is 0 Å². The average molecular weight is 243 g/mol. The lowest BCUT2D eigenvalue weighted by molar-refractivity contribution is 0.220. The molecule has 3 heteroatoms. The summed E-state index contributed by atoms with van der Waals surface area (Å²) in [6.07, 6.45) is -0.646. The Hall–Kier alpha value is -1.84. The second-order valence-electron chi connectivity index (χ2n) is 4.12. The van der Waals surface area contributed by atoms with E-state index in [0.29, 0.717) is 6.54 Å². The lowest BCUT2D eigenvalue weighted by Crippen LogP contribution is -2.01. The Morgan fingerprint density at radius 3 is 2.44 bits per heavy atom. The lowest BCUT2D eigenvalue weighted by Gasteiger charge is -2.13. The largest absolute Gasteiger partial charge is 0.497 e. The summed E-state index contributed by atoms with van der Waals surface area (Å²) in [4.78, 5) is 0. The van der Waals surface area contributed by atoms with E-state index in [0.717, 1.165) is 22.4 Å². The van der Waals surface area contributed by atoms with Crippen LogP contribution in [0.5, 0.6) is 5.75 Å². The van der Waals surface area contributed by atoms with Gasteiger partial charge in [-0.2, -0.15) is 0 Å². The van der Waals surface area contributed by atoms with Gasteiger partial charge in [-0.15, -0.1) is 0 Å². The monoisotopic (exact) mass is 243 g/mol. The van der Waals surface area contributed by atoms with Gasteiger partial charge in [-0.1, -0.05) is 36.4 Å². The molecule has 0 spiro atoms. The van der Waals surface area contributed by atoms with Crippen LogP contribution in [0.1, 0.15) is 22.8 Å². The molecule has 94 valence electrons. The van der Waals surface area contributed by atoms with E-state index in [9.17, 15) is 5.11 Å². The Balaban J connectivity index is 2.25. The normalized spacial score (nSPS) is 12.2. The van der Waals surface area contributed by atoms with Crippen molar-refractivity contribution in [3.8, 4) is 5.75 Å². The van der Waals surface area contributed by atoms with Crippen LogP contribution in [0, 0.1) is 0 Å². The summed E-state index contributed by atoms with van der Waals surface area (Å²) in [5, 5.41) is 10.3. The van der Waals surface area contributed by atoms with E-state index in [2.05, 4.69) is 0 Å². The minimum Gasteiger partial charge on any atom is -0.497 e. The van der Waals surface area contributed by atoms with Crippen LogP contribution >= 0.6 is 0 Å². The summed E-state index contributed by atoms with van der Waals surface area (Å²) in [5.41, 5.74) is 8.26. The van der Waals surface area contributed by atoms with Crippen molar-refractivity contribution in [3.63, 3.8) is 0 Å². The molecule has 0 aliphatic heterocycles. The van der Waals surface area contributed by atoms with E-state index in [1.807, 2.05) is 48.5 Å². The van der Waals surface area contributed by atoms with E-state index < -0.39 is 6.10 Å². The summed E-state index contributed by atoms with van der Waals surface area (Å²) in [7, 11) is 1.61. The summed E-state index contributed by atoms with van der Waals surface area (Å²) >= 11 is 0. The zero-order chi connectivity index (χ0) is 13.0. The van der Waals surface area contributed by atoms with Crippen molar-refractivity contribution in [3.05, 3.63) is 65.2 Å². The minimum absolute atomic E-state index is 0.509. The Bertz CT molecular complexity index is 508. The number of aliphatic hydroxyl groups is 1. The molecule has 0 heterocycles. The number of aliphatic hydroxyl groups excluding tert-OH is 1. The summed E-state index contributed by atoms with van der Waals surface area (Å²) in [6.45, 7) is 0.509. The molecule has 0 saturated heterocycles. The number of methoxy groups -OCH3 is 1. The predicted molar refractivity (Wildman–Crippen MR) is 71.4 cm³/mol. The van der Waals surface area contributed by atoms with Crippen LogP contribution in [0.4, 0.5) is 0 Å². The van der Waals surface area contributed by atoms with Crippen molar-refractivity contribution in [1.29, 1.82) is 0 Å². The second kappa shape index (κ2) is 5.67. The fourth-order valence-corrected chi connectivity index (χ4v) is 1.84. The molecule has 0 fully saturated rings. The van der Waals surface area contributed by atoms with Crippen LogP contribution in [0.2, 0.25) is 0 Å². The van der Waals surface area contributed by atoms with Crippen LogP contribution in [0.15, 0.2) is 48.5 Å².